The molecule has 74 valence electrons. The molecule has 0 aromatic heterocycles. The van der Waals surface area contributed by atoms with Gasteiger partial charge in [0, 0.05) is 16.6 Å². The van der Waals surface area contributed by atoms with E-state index >= 15 is 0 Å². The van der Waals surface area contributed by atoms with E-state index in [2.05, 4.69) is 12.2 Å². The molecule has 0 unspecified atom stereocenters. The molecule has 1 saturated carbocycles. The summed E-state index contributed by atoms with van der Waals surface area (Å²) in [6, 6.07) is 0.694. The maximum absolute atomic E-state index is 5.02. The minimum atomic E-state index is 0.694. The Balaban J connectivity index is 2.33. The first-order valence-corrected chi connectivity index (χ1v) is 5.54. The van der Waals surface area contributed by atoms with Crippen molar-refractivity contribution in [2.24, 2.45) is 0 Å². The molecular weight excluding hydrogens is 178 g/mol. The molecule has 0 radical (unpaired) electrons. The zero-order valence-corrected chi connectivity index (χ0v) is 9.41. The van der Waals surface area contributed by atoms with Gasteiger partial charge in [-0.15, -0.1) is 0 Å². The van der Waals surface area contributed by atoms with Crippen molar-refractivity contribution in [3.8, 4) is 0 Å². The summed E-state index contributed by atoms with van der Waals surface area (Å²) in [5, 5.41) is 3.52. The van der Waals surface area contributed by atoms with Gasteiger partial charge in [-0.3, -0.25) is 0 Å². The molecule has 0 aromatic rings. The fourth-order valence-corrected chi connectivity index (χ4v) is 2.09. The third-order valence-electron chi connectivity index (χ3n) is 2.46. The lowest BCUT2D eigenvalue weighted by Crippen LogP contribution is -2.29. The van der Waals surface area contributed by atoms with Crippen LogP contribution in [0.4, 0.5) is 0 Å². The summed E-state index contributed by atoms with van der Waals surface area (Å²) in [6.45, 7) is 4.06. The highest BCUT2D eigenvalue weighted by Gasteiger charge is 2.12. The number of hydrogen-bond acceptors (Lipinski definition) is 2. The van der Waals surface area contributed by atoms with Gasteiger partial charge in [-0.2, -0.15) is 0 Å². The fourth-order valence-electron chi connectivity index (χ4n) is 1.92. The quantitative estimate of drug-likeness (QED) is 0.551. The molecule has 1 aliphatic carbocycles. The molecule has 0 heterocycles. The summed E-state index contributed by atoms with van der Waals surface area (Å²) in [4.78, 5) is 0.959. The second-order valence-electron chi connectivity index (χ2n) is 3.92. The molecule has 1 fully saturated rings. The van der Waals surface area contributed by atoms with Gasteiger partial charge < -0.3 is 5.32 Å². The van der Waals surface area contributed by atoms with E-state index in [1.54, 1.807) is 0 Å². The van der Waals surface area contributed by atoms with Crippen molar-refractivity contribution in [3.63, 3.8) is 0 Å². The average molecular weight is 197 g/mol. The molecule has 1 aliphatic rings. The van der Waals surface area contributed by atoms with Gasteiger partial charge in [0.05, 0.1) is 0 Å². The fraction of sp³-hybridized carbons (Fsp3) is 0.727. The monoisotopic (exact) mass is 197 g/mol. The smallest absolute Gasteiger partial charge is 0.0258 e. The Bertz CT molecular complexity index is 202. The highest BCUT2D eigenvalue weighted by molar-refractivity contribution is 7.80. The van der Waals surface area contributed by atoms with Gasteiger partial charge in [0.15, 0.2) is 0 Å². The minimum Gasteiger partial charge on any atom is -0.386 e. The highest BCUT2D eigenvalue weighted by Crippen LogP contribution is 2.18. The molecule has 0 aliphatic heterocycles. The molecule has 1 nitrogen and oxygen atoms in total. The second kappa shape index (κ2) is 5.38. The van der Waals surface area contributed by atoms with Crippen LogP contribution in [-0.4, -0.2) is 10.9 Å². The standard InChI is InChI=1S/C11H19NS/c1-9(8-10(2)13)12-11-6-4-3-5-7-11/h8,11-12H,3-7H2,1-2H3. The molecule has 0 bridgehead atoms. The van der Waals surface area contributed by atoms with Gasteiger partial charge in [-0.05, 0) is 32.8 Å². The summed E-state index contributed by atoms with van der Waals surface area (Å²) in [7, 11) is 0. The van der Waals surface area contributed by atoms with Gasteiger partial charge >= 0.3 is 0 Å². The molecule has 0 aromatic carbocycles. The third kappa shape index (κ3) is 4.41. The molecule has 13 heavy (non-hydrogen) atoms. The SMILES string of the molecule is CC(=S)C=C(C)NC1CCCCC1. The Morgan fingerprint density at radius 2 is 1.85 bits per heavy atom. The van der Waals surface area contributed by atoms with Crippen LogP contribution in [0.25, 0.3) is 0 Å². The summed E-state index contributed by atoms with van der Waals surface area (Å²) >= 11 is 5.02. The van der Waals surface area contributed by atoms with Crippen LogP contribution in [0.1, 0.15) is 46.0 Å². The van der Waals surface area contributed by atoms with E-state index in [9.17, 15) is 0 Å². The van der Waals surface area contributed by atoms with Crippen LogP contribution in [-0.2, 0) is 0 Å². The largest absolute Gasteiger partial charge is 0.386 e. The van der Waals surface area contributed by atoms with E-state index in [0.717, 1.165) is 4.86 Å². The topological polar surface area (TPSA) is 12.0 Å². The normalized spacial score (nSPS) is 20.0. The van der Waals surface area contributed by atoms with Crippen molar-refractivity contribution >= 4 is 17.1 Å². The number of rotatable bonds is 3. The van der Waals surface area contributed by atoms with Crippen molar-refractivity contribution in [1.82, 2.24) is 5.32 Å². The van der Waals surface area contributed by atoms with Crippen LogP contribution in [0.2, 0.25) is 0 Å². The molecule has 0 amide bonds. The molecule has 0 saturated heterocycles. The maximum atomic E-state index is 5.02. The van der Waals surface area contributed by atoms with Gasteiger partial charge in [-0.25, -0.2) is 0 Å². The summed E-state index contributed by atoms with van der Waals surface area (Å²) in [5.41, 5.74) is 1.22. The number of nitrogens with one attached hydrogen (secondary N) is 1. The Hall–Kier alpha value is -0.370. The first kappa shape index (κ1) is 10.7. The Labute approximate surface area is 86.6 Å². The van der Waals surface area contributed by atoms with E-state index in [0.29, 0.717) is 6.04 Å². The Morgan fingerprint density at radius 3 is 2.38 bits per heavy atom. The lowest BCUT2D eigenvalue weighted by atomic mass is 9.95. The van der Waals surface area contributed by atoms with E-state index in [-0.39, 0.29) is 0 Å². The van der Waals surface area contributed by atoms with Crippen LogP contribution in [0.15, 0.2) is 11.8 Å². The first-order chi connectivity index (χ1) is 6.18. The van der Waals surface area contributed by atoms with Crippen LogP contribution < -0.4 is 5.32 Å². The third-order valence-corrected chi connectivity index (χ3v) is 2.57. The number of thiocarbonyl (C=S) groups is 1. The maximum Gasteiger partial charge on any atom is 0.0258 e. The Morgan fingerprint density at radius 1 is 1.23 bits per heavy atom. The summed E-state index contributed by atoms with van der Waals surface area (Å²) < 4.78 is 0. The minimum absolute atomic E-state index is 0.694. The van der Waals surface area contributed by atoms with Crippen molar-refractivity contribution in [3.05, 3.63) is 11.8 Å². The van der Waals surface area contributed by atoms with Crippen molar-refractivity contribution in [2.45, 2.75) is 52.0 Å². The number of allylic oxidation sites excluding steroid dienone is 2. The molecule has 0 spiro atoms. The van der Waals surface area contributed by atoms with E-state index in [1.807, 2.05) is 13.0 Å². The molecular formula is C11H19NS. The van der Waals surface area contributed by atoms with Gasteiger partial charge in [0.1, 0.15) is 0 Å². The van der Waals surface area contributed by atoms with Crippen molar-refractivity contribution in [2.75, 3.05) is 0 Å². The molecule has 0 atom stereocenters. The summed E-state index contributed by atoms with van der Waals surface area (Å²) in [5.74, 6) is 0. The predicted octanol–water partition coefficient (Wildman–Crippen LogP) is 3.20. The van der Waals surface area contributed by atoms with Crippen molar-refractivity contribution in [1.29, 1.82) is 0 Å². The van der Waals surface area contributed by atoms with Gasteiger partial charge in [0.2, 0.25) is 0 Å². The van der Waals surface area contributed by atoms with Crippen LogP contribution in [0.3, 0.4) is 0 Å². The first-order valence-electron chi connectivity index (χ1n) is 5.14. The lowest BCUT2D eigenvalue weighted by molar-refractivity contribution is 0.397. The molecule has 1 N–H and O–H groups in total. The van der Waals surface area contributed by atoms with E-state index < -0.39 is 0 Å². The average Bonchev–Trinajstić information content (AvgIpc) is 2.04. The zero-order valence-electron chi connectivity index (χ0n) is 8.60. The van der Waals surface area contributed by atoms with Crippen LogP contribution >= 0.6 is 12.2 Å². The second-order valence-corrected chi connectivity index (χ2v) is 4.56. The number of hydrogen-bond donors (Lipinski definition) is 1. The zero-order chi connectivity index (χ0) is 9.68. The van der Waals surface area contributed by atoms with Gasteiger partial charge in [0.25, 0.3) is 0 Å². The van der Waals surface area contributed by atoms with Gasteiger partial charge in [-0.1, -0.05) is 31.5 Å². The predicted molar refractivity (Wildman–Crippen MR) is 62.0 cm³/mol. The van der Waals surface area contributed by atoms with Crippen LogP contribution in [0.5, 0.6) is 0 Å². The molecule has 1 rings (SSSR count). The highest BCUT2D eigenvalue weighted by atomic mass is 32.1. The molecule has 2 heteroatoms. The Kier molecular flexibility index (Phi) is 4.43. The van der Waals surface area contributed by atoms with Crippen LogP contribution in [0, 0.1) is 0 Å². The lowest BCUT2D eigenvalue weighted by Gasteiger charge is -2.24. The van der Waals surface area contributed by atoms with E-state index in [4.69, 9.17) is 12.2 Å². The summed E-state index contributed by atoms with van der Waals surface area (Å²) in [6.07, 6.45) is 8.85. The van der Waals surface area contributed by atoms with Crippen molar-refractivity contribution < 1.29 is 0 Å². The van der Waals surface area contributed by atoms with E-state index in [1.165, 1.54) is 37.8 Å².